The molecular formula is C19H24ClN3O3S. The van der Waals surface area contributed by atoms with Crippen molar-refractivity contribution in [1.82, 2.24) is 10.2 Å². The summed E-state index contributed by atoms with van der Waals surface area (Å²) in [6, 6.07) is 15.1. The van der Waals surface area contributed by atoms with Crippen molar-refractivity contribution in [2.75, 3.05) is 24.9 Å². The number of nitrogens with zero attached hydrogens (tertiary/aromatic N) is 1. The standard InChI is InChI=1S/C19H23N3O3S.ClH/c1-20-17-9-6-12-22(14-17)19(23)15-7-5-8-16(13-15)21-26(24,25)18-10-3-2-4-11-18;/h2-5,7-8,10-11,13,17,20-21H,6,9,12,14H2,1H3;1H. The van der Waals surface area contributed by atoms with Crippen LogP contribution in [0.5, 0.6) is 0 Å². The summed E-state index contributed by atoms with van der Waals surface area (Å²) in [7, 11) is -1.78. The highest BCUT2D eigenvalue weighted by Gasteiger charge is 2.24. The molecule has 0 spiro atoms. The lowest BCUT2D eigenvalue weighted by atomic mass is 10.0. The number of hydrogen-bond acceptors (Lipinski definition) is 4. The topological polar surface area (TPSA) is 78.5 Å². The molecule has 0 bridgehead atoms. The predicted molar refractivity (Wildman–Crippen MR) is 109 cm³/mol. The van der Waals surface area contributed by atoms with Gasteiger partial charge in [-0.2, -0.15) is 0 Å². The van der Waals surface area contributed by atoms with Crippen molar-refractivity contribution < 1.29 is 13.2 Å². The van der Waals surface area contributed by atoms with E-state index in [4.69, 9.17) is 0 Å². The summed E-state index contributed by atoms with van der Waals surface area (Å²) in [5, 5.41) is 3.22. The second kappa shape index (κ2) is 9.21. The van der Waals surface area contributed by atoms with E-state index in [0.29, 0.717) is 23.8 Å². The summed E-state index contributed by atoms with van der Waals surface area (Å²) in [5.41, 5.74) is 0.858. The maximum absolute atomic E-state index is 12.8. The van der Waals surface area contributed by atoms with Gasteiger partial charge in [-0.15, -0.1) is 12.4 Å². The fourth-order valence-electron chi connectivity index (χ4n) is 3.11. The van der Waals surface area contributed by atoms with Crippen LogP contribution < -0.4 is 10.0 Å². The number of rotatable bonds is 5. The van der Waals surface area contributed by atoms with Gasteiger partial charge in [0, 0.05) is 30.4 Å². The lowest BCUT2D eigenvalue weighted by Crippen LogP contribution is -2.46. The van der Waals surface area contributed by atoms with Crippen LogP contribution in [0.25, 0.3) is 0 Å². The number of amides is 1. The van der Waals surface area contributed by atoms with Crippen LogP contribution >= 0.6 is 12.4 Å². The molecule has 1 aliphatic rings. The molecule has 1 unspecified atom stereocenters. The molecule has 6 nitrogen and oxygen atoms in total. The number of anilines is 1. The molecule has 0 radical (unpaired) electrons. The van der Waals surface area contributed by atoms with Gasteiger partial charge in [0.1, 0.15) is 0 Å². The van der Waals surface area contributed by atoms with Crippen LogP contribution in [0.1, 0.15) is 23.2 Å². The van der Waals surface area contributed by atoms with Crippen molar-refractivity contribution in [2.24, 2.45) is 0 Å². The van der Waals surface area contributed by atoms with Crippen molar-refractivity contribution in [3.8, 4) is 0 Å². The summed E-state index contributed by atoms with van der Waals surface area (Å²) in [6.07, 6.45) is 2.01. The zero-order valence-electron chi connectivity index (χ0n) is 15.1. The predicted octanol–water partition coefficient (Wildman–Crippen LogP) is 2.73. The van der Waals surface area contributed by atoms with Gasteiger partial charge in [-0.3, -0.25) is 9.52 Å². The Hall–Kier alpha value is -2.09. The number of carbonyl (C=O) groups excluding carboxylic acids is 1. The van der Waals surface area contributed by atoms with Gasteiger partial charge in [0.25, 0.3) is 15.9 Å². The molecule has 1 heterocycles. The Morgan fingerprint density at radius 2 is 1.85 bits per heavy atom. The zero-order chi connectivity index (χ0) is 18.6. The smallest absolute Gasteiger partial charge is 0.261 e. The molecule has 1 saturated heterocycles. The third-order valence-electron chi connectivity index (χ3n) is 4.53. The first-order valence-electron chi connectivity index (χ1n) is 8.64. The van der Waals surface area contributed by atoms with E-state index in [1.807, 2.05) is 11.9 Å². The highest BCUT2D eigenvalue weighted by molar-refractivity contribution is 7.92. The highest BCUT2D eigenvalue weighted by Crippen LogP contribution is 2.19. The zero-order valence-corrected chi connectivity index (χ0v) is 16.7. The molecule has 2 aromatic rings. The molecule has 8 heteroatoms. The van der Waals surface area contributed by atoms with Crippen molar-refractivity contribution in [2.45, 2.75) is 23.8 Å². The van der Waals surface area contributed by atoms with Crippen molar-refractivity contribution in [1.29, 1.82) is 0 Å². The van der Waals surface area contributed by atoms with E-state index in [-0.39, 0.29) is 23.2 Å². The SMILES string of the molecule is CNC1CCCN(C(=O)c2cccc(NS(=O)(=O)c3ccccc3)c2)C1.Cl. The Morgan fingerprint density at radius 3 is 2.56 bits per heavy atom. The number of hydrogen-bond donors (Lipinski definition) is 2. The number of piperidine rings is 1. The number of benzene rings is 2. The number of sulfonamides is 1. The second-order valence-electron chi connectivity index (χ2n) is 6.38. The van der Waals surface area contributed by atoms with E-state index in [0.717, 1.165) is 19.4 Å². The fourth-order valence-corrected chi connectivity index (χ4v) is 4.18. The largest absolute Gasteiger partial charge is 0.337 e. The van der Waals surface area contributed by atoms with Gasteiger partial charge in [-0.25, -0.2) is 8.42 Å². The molecule has 1 amide bonds. The molecule has 1 fully saturated rings. The number of halogens is 1. The summed E-state index contributed by atoms with van der Waals surface area (Å²) in [6.45, 7) is 1.38. The Bertz CT molecular complexity index is 875. The van der Waals surface area contributed by atoms with Crippen LogP contribution in [0.3, 0.4) is 0 Å². The maximum Gasteiger partial charge on any atom is 0.261 e. The molecular weight excluding hydrogens is 386 g/mol. The number of nitrogens with one attached hydrogen (secondary N) is 2. The second-order valence-corrected chi connectivity index (χ2v) is 8.06. The Kier molecular flexibility index (Phi) is 7.24. The van der Waals surface area contributed by atoms with E-state index in [9.17, 15) is 13.2 Å². The molecule has 1 aliphatic heterocycles. The molecule has 0 saturated carbocycles. The Labute approximate surface area is 166 Å². The van der Waals surface area contributed by atoms with Crippen LogP contribution in [0.4, 0.5) is 5.69 Å². The maximum atomic E-state index is 12.8. The van der Waals surface area contributed by atoms with Gasteiger partial charge >= 0.3 is 0 Å². The molecule has 3 rings (SSSR count). The molecule has 2 N–H and O–H groups in total. The molecule has 27 heavy (non-hydrogen) atoms. The molecule has 1 atom stereocenters. The third kappa shape index (κ3) is 5.22. The molecule has 2 aromatic carbocycles. The lowest BCUT2D eigenvalue weighted by Gasteiger charge is -2.32. The van der Waals surface area contributed by atoms with Crippen LogP contribution in [-0.2, 0) is 10.0 Å². The van der Waals surface area contributed by atoms with E-state index in [2.05, 4.69) is 10.0 Å². The average molecular weight is 410 g/mol. The Balaban J connectivity index is 0.00000261. The molecule has 146 valence electrons. The summed E-state index contributed by atoms with van der Waals surface area (Å²) < 4.78 is 27.4. The average Bonchev–Trinajstić information content (AvgIpc) is 2.68. The fraction of sp³-hybridized carbons (Fsp3) is 0.316. The van der Waals surface area contributed by atoms with Gasteiger partial charge in [0.2, 0.25) is 0 Å². The van der Waals surface area contributed by atoms with Crippen LogP contribution in [0.2, 0.25) is 0 Å². The quantitative estimate of drug-likeness (QED) is 0.795. The molecule has 0 aromatic heterocycles. The van der Waals surface area contributed by atoms with E-state index in [1.165, 1.54) is 12.1 Å². The first-order chi connectivity index (χ1) is 12.5. The minimum Gasteiger partial charge on any atom is -0.337 e. The van der Waals surface area contributed by atoms with Gasteiger partial charge in [-0.1, -0.05) is 24.3 Å². The van der Waals surface area contributed by atoms with E-state index >= 15 is 0 Å². The van der Waals surface area contributed by atoms with Gasteiger partial charge < -0.3 is 10.2 Å². The first kappa shape index (κ1) is 21.2. The van der Waals surface area contributed by atoms with E-state index < -0.39 is 10.0 Å². The minimum absolute atomic E-state index is 0. The van der Waals surface area contributed by atoms with Gasteiger partial charge in [-0.05, 0) is 50.2 Å². The van der Waals surface area contributed by atoms with Crippen LogP contribution in [-0.4, -0.2) is 45.4 Å². The summed E-state index contributed by atoms with van der Waals surface area (Å²) >= 11 is 0. The molecule has 0 aliphatic carbocycles. The van der Waals surface area contributed by atoms with Crippen molar-refractivity contribution >= 4 is 34.0 Å². The normalized spacial score (nSPS) is 17.1. The first-order valence-corrected chi connectivity index (χ1v) is 10.1. The summed E-state index contributed by atoms with van der Waals surface area (Å²) in [5.74, 6) is -0.0780. The van der Waals surface area contributed by atoms with Crippen LogP contribution in [0, 0.1) is 0 Å². The van der Waals surface area contributed by atoms with E-state index in [1.54, 1.807) is 42.5 Å². The number of likely N-dealkylation sites (tertiary alicyclic amines) is 1. The lowest BCUT2D eigenvalue weighted by molar-refractivity contribution is 0.0698. The minimum atomic E-state index is -3.68. The Morgan fingerprint density at radius 1 is 1.11 bits per heavy atom. The highest BCUT2D eigenvalue weighted by atomic mass is 35.5. The number of carbonyl (C=O) groups is 1. The van der Waals surface area contributed by atoms with Crippen molar-refractivity contribution in [3.63, 3.8) is 0 Å². The van der Waals surface area contributed by atoms with Crippen molar-refractivity contribution in [3.05, 3.63) is 60.2 Å². The van der Waals surface area contributed by atoms with Crippen LogP contribution in [0.15, 0.2) is 59.5 Å². The third-order valence-corrected chi connectivity index (χ3v) is 5.93. The van der Waals surface area contributed by atoms with Gasteiger partial charge in [0.15, 0.2) is 0 Å². The summed E-state index contributed by atoms with van der Waals surface area (Å²) in [4.78, 5) is 14.8. The van der Waals surface area contributed by atoms with Gasteiger partial charge in [0.05, 0.1) is 4.90 Å². The monoisotopic (exact) mass is 409 g/mol. The number of likely N-dealkylation sites (N-methyl/N-ethyl adjacent to an activating group) is 1.